The highest BCUT2D eigenvalue weighted by Crippen LogP contribution is 2.21. The minimum atomic E-state index is 0.204. The van der Waals surface area contributed by atoms with Crippen molar-refractivity contribution >= 4 is 29.0 Å². The Morgan fingerprint density at radius 2 is 2.05 bits per heavy atom. The molecule has 0 aliphatic carbocycles. The number of nitrogens with zero attached hydrogens (tertiary/aromatic N) is 3. The molecule has 1 N–H and O–H groups in total. The molecule has 1 aromatic heterocycles. The zero-order valence-corrected chi connectivity index (χ0v) is 12.2. The number of carbonyl (C=O) groups excluding carboxylic acids is 1. The molecule has 2 aromatic rings. The Bertz CT molecular complexity index is 644. The second-order valence-corrected chi connectivity index (χ2v) is 5.28. The number of hydrogen-bond acceptors (Lipinski definition) is 4. The van der Waals surface area contributed by atoms with E-state index in [4.69, 9.17) is 11.6 Å². The smallest absolute Gasteiger partial charge is 0.227 e. The van der Waals surface area contributed by atoms with E-state index in [9.17, 15) is 4.79 Å². The summed E-state index contributed by atoms with van der Waals surface area (Å²) in [5, 5.41) is 3.52. The van der Waals surface area contributed by atoms with E-state index in [1.165, 1.54) is 6.20 Å². The van der Waals surface area contributed by atoms with Crippen molar-refractivity contribution in [1.82, 2.24) is 9.97 Å². The summed E-state index contributed by atoms with van der Waals surface area (Å²) in [6.07, 6.45) is 4.71. The van der Waals surface area contributed by atoms with E-state index in [1.807, 2.05) is 29.2 Å². The fourth-order valence-corrected chi connectivity index (χ4v) is 2.48. The molecule has 6 heteroatoms. The topological polar surface area (TPSA) is 58.1 Å². The highest BCUT2D eigenvalue weighted by atomic mass is 35.5. The molecule has 0 atom stereocenters. The van der Waals surface area contributed by atoms with Crippen LogP contribution in [-0.2, 0) is 11.3 Å². The molecule has 1 fully saturated rings. The van der Waals surface area contributed by atoms with Crippen molar-refractivity contribution < 1.29 is 4.79 Å². The summed E-state index contributed by atoms with van der Waals surface area (Å²) in [5.74, 6) is 0.844. The van der Waals surface area contributed by atoms with Crippen LogP contribution in [0.2, 0.25) is 5.15 Å². The molecule has 2 heterocycles. The van der Waals surface area contributed by atoms with Gasteiger partial charge < -0.3 is 10.2 Å². The molecular formula is C15H15ClN4O. The molecular weight excluding hydrogens is 288 g/mol. The van der Waals surface area contributed by atoms with Gasteiger partial charge in [0.2, 0.25) is 5.91 Å². The lowest BCUT2D eigenvalue weighted by Crippen LogP contribution is -2.23. The lowest BCUT2D eigenvalue weighted by molar-refractivity contribution is -0.117. The van der Waals surface area contributed by atoms with Gasteiger partial charge in [-0.15, -0.1) is 0 Å². The summed E-state index contributed by atoms with van der Waals surface area (Å²) in [6, 6.07) is 7.96. The first-order valence-corrected chi connectivity index (χ1v) is 7.21. The molecule has 0 saturated carbocycles. The molecule has 3 rings (SSSR count). The fraction of sp³-hybridized carbons (Fsp3) is 0.267. The zero-order valence-electron chi connectivity index (χ0n) is 11.4. The van der Waals surface area contributed by atoms with Crippen molar-refractivity contribution in [2.75, 3.05) is 16.8 Å². The Morgan fingerprint density at radius 1 is 1.24 bits per heavy atom. The van der Waals surface area contributed by atoms with Gasteiger partial charge >= 0.3 is 0 Å². The van der Waals surface area contributed by atoms with Crippen LogP contribution in [0.4, 0.5) is 11.5 Å². The first kappa shape index (κ1) is 13.8. The molecule has 1 aliphatic rings. The summed E-state index contributed by atoms with van der Waals surface area (Å²) in [5.41, 5.74) is 2.07. The minimum absolute atomic E-state index is 0.204. The molecule has 1 saturated heterocycles. The second-order valence-electron chi connectivity index (χ2n) is 4.90. The SMILES string of the molecule is O=C1CCCN1c1ccc(CNc2cncc(Cl)n2)cc1. The van der Waals surface area contributed by atoms with Crippen molar-refractivity contribution in [3.8, 4) is 0 Å². The van der Waals surface area contributed by atoms with Gasteiger partial charge in [-0.3, -0.25) is 9.78 Å². The molecule has 21 heavy (non-hydrogen) atoms. The van der Waals surface area contributed by atoms with Gasteiger partial charge in [-0.1, -0.05) is 23.7 Å². The fourth-order valence-electron chi connectivity index (χ4n) is 2.33. The summed E-state index contributed by atoms with van der Waals surface area (Å²) in [6.45, 7) is 1.44. The minimum Gasteiger partial charge on any atom is -0.365 e. The van der Waals surface area contributed by atoms with Gasteiger partial charge in [-0.2, -0.15) is 0 Å². The second kappa shape index (κ2) is 6.10. The first-order valence-electron chi connectivity index (χ1n) is 6.83. The zero-order chi connectivity index (χ0) is 14.7. The van der Waals surface area contributed by atoms with Crippen molar-refractivity contribution in [1.29, 1.82) is 0 Å². The molecule has 1 amide bonds. The molecule has 0 bridgehead atoms. The van der Waals surface area contributed by atoms with Crippen LogP contribution >= 0.6 is 11.6 Å². The highest BCUT2D eigenvalue weighted by Gasteiger charge is 2.21. The quantitative estimate of drug-likeness (QED) is 0.943. The Labute approximate surface area is 128 Å². The molecule has 0 unspecified atom stereocenters. The van der Waals surface area contributed by atoms with E-state index >= 15 is 0 Å². The van der Waals surface area contributed by atoms with Crippen molar-refractivity contribution in [3.05, 3.63) is 47.4 Å². The van der Waals surface area contributed by atoms with Gasteiger partial charge in [0.1, 0.15) is 11.0 Å². The van der Waals surface area contributed by atoms with E-state index in [1.54, 1.807) is 6.20 Å². The Balaban J connectivity index is 1.63. The largest absolute Gasteiger partial charge is 0.365 e. The van der Waals surface area contributed by atoms with E-state index in [0.717, 1.165) is 24.2 Å². The Hall–Kier alpha value is -2.14. The van der Waals surface area contributed by atoms with Gasteiger partial charge in [-0.25, -0.2) is 4.98 Å². The monoisotopic (exact) mass is 302 g/mol. The van der Waals surface area contributed by atoms with Crippen molar-refractivity contribution in [3.63, 3.8) is 0 Å². The summed E-state index contributed by atoms with van der Waals surface area (Å²) in [4.78, 5) is 21.6. The van der Waals surface area contributed by atoms with E-state index in [-0.39, 0.29) is 5.91 Å². The van der Waals surface area contributed by atoms with Gasteiger partial charge in [-0.05, 0) is 24.1 Å². The van der Waals surface area contributed by atoms with Crippen LogP contribution in [0.15, 0.2) is 36.7 Å². The lowest BCUT2D eigenvalue weighted by Gasteiger charge is -2.16. The van der Waals surface area contributed by atoms with Crippen LogP contribution in [0, 0.1) is 0 Å². The summed E-state index contributed by atoms with van der Waals surface area (Å²) >= 11 is 5.78. The number of aromatic nitrogens is 2. The number of hydrogen-bond donors (Lipinski definition) is 1. The van der Waals surface area contributed by atoms with Crippen LogP contribution in [0.1, 0.15) is 18.4 Å². The maximum Gasteiger partial charge on any atom is 0.227 e. The summed E-state index contributed by atoms with van der Waals surface area (Å²) < 4.78 is 0. The van der Waals surface area contributed by atoms with E-state index < -0.39 is 0 Å². The van der Waals surface area contributed by atoms with Crippen molar-refractivity contribution in [2.45, 2.75) is 19.4 Å². The number of halogens is 1. The van der Waals surface area contributed by atoms with E-state index in [2.05, 4.69) is 15.3 Å². The van der Waals surface area contributed by atoms with Gasteiger partial charge in [0.15, 0.2) is 0 Å². The number of rotatable bonds is 4. The number of anilines is 2. The third kappa shape index (κ3) is 3.31. The molecule has 1 aliphatic heterocycles. The number of benzene rings is 1. The highest BCUT2D eigenvalue weighted by molar-refractivity contribution is 6.29. The predicted molar refractivity (Wildman–Crippen MR) is 82.4 cm³/mol. The maximum absolute atomic E-state index is 11.7. The third-order valence-electron chi connectivity index (χ3n) is 3.40. The molecule has 0 spiro atoms. The van der Waals surface area contributed by atoms with E-state index in [0.29, 0.717) is 23.9 Å². The predicted octanol–water partition coefficient (Wildman–Crippen LogP) is 2.87. The third-order valence-corrected chi connectivity index (χ3v) is 3.58. The molecule has 1 aromatic carbocycles. The lowest BCUT2D eigenvalue weighted by atomic mass is 10.2. The molecule has 108 valence electrons. The van der Waals surface area contributed by atoms with Crippen LogP contribution in [0.25, 0.3) is 0 Å². The average Bonchev–Trinajstić information content (AvgIpc) is 2.92. The maximum atomic E-state index is 11.7. The van der Waals surface area contributed by atoms with Crippen molar-refractivity contribution in [2.24, 2.45) is 0 Å². The normalized spacial score (nSPS) is 14.5. The first-order chi connectivity index (χ1) is 10.2. The number of amides is 1. The van der Waals surface area contributed by atoms with Crippen LogP contribution in [0.3, 0.4) is 0 Å². The van der Waals surface area contributed by atoms with Gasteiger partial charge in [0.05, 0.1) is 12.4 Å². The average molecular weight is 303 g/mol. The number of carbonyl (C=O) groups is 1. The summed E-state index contributed by atoms with van der Waals surface area (Å²) in [7, 11) is 0. The Kier molecular flexibility index (Phi) is 4.01. The van der Waals surface area contributed by atoms with Gasteiger partial charge in [0.25, 0.3) is 0 Å². The van der Waals surface area contributed by atoms with Crippen LogP contribution < -0.4 is 10.2 Å². The van der Waals surface area contributed by atoms with Crippen LogP contribution in [0.5, 0.6) is 0 Å². The van der Waals surface area contributed by atoms with Crippen LogP contribution in [-0.4, -0.2) is 22.4 Å². The molecule has 5 nitrogen and oxygen atoms in total. The Morgan fingerprint density at radius 3 is 2.71 bits per heavy atom. The standard InChI is InChI=1S/C15H15ClN4O/c16-13-9-17-10-14(19-13)18-8-11-3-5-12(6-4-11)20-7-1-2-15(20)21/h3-6,9-10H,1-2,7-8H2,(H,18,19). The van der Waals surface area contributed by atoms with Gasteiger partial charge in [0, 0.05) is 25.2 Å². The molecule has 0 radical (unpaired) electrons. The number of nitrogens with one attached hydrogen (secondary N) is 1.